The van der Waals surface area contributed by atoms with Crippen molar-refractivity contribution in [3.05, 3.63) is 0 Å². The van der Waals surface area contributed by atoms with E-state index < -0.39 is 15.9 Å². The summed E-state index contributed by atoms with van der Waals surface area (Å²) >= 11 is 0. The molecule has 2 aliphatic heterocycles. The maximum Gasteiger partial charge on any atom is 0.148 e. The van der Waals surface area contributed by atoms with Gasteiger partial charge in [-0.3, -0.25) is 4.90 Å². The van der Waals surface area contributed by atoms with Crippen molar-refractivity contribution >= 4 is 9.84 Å². The van der Waals surface area contributed by atoms with Crippen LogP contribution in [-0.2, 0) is 19.7 Å². The Morgan fingerprint density at radius 3 is 2.60 bits per heavy atom. The van der Waals surface area contributed by atoms with Gasteiger partial charge in [0.2, 0.25) is 0 Å². The van der Waals surface area contributed by atoms with E-state index in [1.165, 1.54) is 6.26 Å². The van der Waals surface area contributed by atoms with Gasteiger partial charge >= 0.3 is 0 Å². The minimum absolute atomic E-state index is 0.128. The van der Waals surface area contributed by atoms with Crippen molar-refractivity contribution < 1.29 is 18.3 Å². The van der Waals surface area contributed by atoms with E-state index in [1.807, 2.05) is 4.90 Å². The summed E-state index contributed by atoms with van der Waals surface area (Å²) in [7, 11) is -2.98. The van der Waals surface area contributed by atoms with Gasteiger partial charge in [0.15, 0.2) is 0 Å². The van der Waals surface area contributed by atoms with Gasteiger partial charge in [-0.25, -0.2) is 13.5 Å². The molecule has 0 aromatic carbocycles. The molecule has 2 fully saturated rings. The molecule has 7 heteroatoms. The molecule has 2 rings (SSSR count). The standard InChI is InChI=1S/C13H25N2O4S/c1-20(17,18)9-8-15-7-4-11(16)10-13(15)19-12-2-5-14-6-3-12/h11-14H,2-10H2,1H3. The zero-order valence-electron chi connectivity index (χ0n) is 12.1. The monoisotopic (exact) mass is 305 g/mol. The van der Waals surface area contributed by atoms with E-state index in [2.05, 4.69) is 5.32 Å². The third-order valence-corrected chi connectivity index (χ3v) is 4.92. The second-order valence-electron chi connectivity index (χ2n) is 5.85. The average Bonchev–Trinajstić information content (AvgIpc) is 2.38. The second-order valence-corrected chi connectivity index (χ2v) is 8.11. The van der Waals surface area contributed by atoms with E-state index >= 15 is 0 Å². The Labute approximate surface area is 121 Å². The van der Waals surface area contributed by atoms with Crippen molar-refractivity contribution in [1.29, 1.82) is 0 Å². The zero-order chi connectivity index (χ0) is 14.6. The Morgan fingerprint density at radius 1 is 1.25 bits per heavy atom. The molecule has 20 heavy (non-hydrogen) atoms. The highest BCUT2D eigenvalue weighted by atomic mass is 32.2. The van der Waals surface area contributed by atoms with Crippen molar-refractivity contribution in [3.8, 4) is 0 Å². The number of ether oxygens (including phenoxy) is 1. The molecule has 2 heterocycles. The number of likely N-dealkylation sites (tertiary alicyclic amines) is 1. The Bertz CT molecular complexity index is 395. The summed E-state index contributed by atoms with van der Waals surface area (Å²) in [4.78, 5) is 2.03. The fourth-order valence-corrected chi connectivity index (χ4v) is 3.35. The highest BCUT2D eigenvalue weighted by Crippen LogP contribution is 2.22. The molecule has 0 aliphatic carbocycles. The number of rotatable bonds is 5. The van der Waals surface area contributed by atoms with E-state index in [0.717, 1.165) is 25.9 Å². The van der Waals surface area contributed by atoms with Gasteiger partial charge in [-0.15, -0.1) is 0 Å². The van der Waals surface area contributed by atoms with Gasteiger partial charge < -0.3 is 10.1 Å². The Morgan fingerprint density at radius 2 is 1.95 bits per heavy atom. The largest absolute Gasteiger partial charge is 0.360 e. The van der Waals surface area contributed by atoms with Crippen LogP contribution >= 0.6 is 0 Å². The number of nitrogens with one attached hydrogen (secondary N) is 1. The third kappa shape index (κ3) is 5.29. The van der Waals surface area contributed by atoms with Crippen molar-refractivity contribution in [3.63, 3.8) is 0 Å². The molecule has 0 spiro atoms. The van der Waals surface area contributed by atoms with Crippen LogP contribution in [0.25, 0.3) is 0 Å². The SMILES string of the molecule is CS(=O)(=O)CCN1CCC([O])CC1OC1CCNCC1. The smallest absolute Gasteiger partial charge is 0.148 e. The molecule has 0 saturated carbocycles. The number of piperidine rings is 2. The normalized spacial score (nSPS) is 30.5. The summed E-state index contributed by atoms with van der Waals surface area (Å²) in [5.74, 6) is 0.128. The molecule has 6 nitrogen and oxygen atoms in total. The molecule has 2 aliphatic rings. The lowest BCUT2D eigenvalue weighted by Gasteiger charge is -2.39. The van der Waals surface area contributed by atoms with Crippen molar-refractivity contribution in [1.82, 2.24) is 10.2 Å². The van der Waals surface area contributed by atoms with Crippen molar-refractivity contribution in [2.45, 2.75) is 44.1 Å². The summed E-state index contributed by atoms with van der Waals surface area (Å²) in [6.07, 6.45) is 3.60. The summed E-state index contributed by atoms with van der Waals surface area (Å²) < 4.78 is 28.7. The first-order valence-electron chi connectivity index (χ1n) is 7.38. The molecule has 1 radical (unpaired) electrons. The molecular formula is C13H25N2O4S. The third-order valence-electron chi connectivity index (χ3n) is 4.00. The summed E-state index contributed by atoms with van der Waals surface area (Å²) in [6, 6.07) is 0. The highest BCUT2D eigenvalue weighted by Gasteiger charge is 2.31. The fraction of sp³-hybridized carbons (Fsp3) is 1.00. The van der Waals surface area contributed by atoms with Crippen molar-refractivity contribution in [2.24, 2.45) is 0 Å². The first-order chi connectivity index (χ1) is 9.44. The van der Waals surface area contributed by atoms with Crippen LogP contribution in [-0.4, -0.2) is 69.9 Å². The summed E-state index contributed by atoms with van der Waals surface area (Å²) in [5, 5.41) is 15.0. The van der Waals surface area contributed by atoms with E-state index in [9.17, 15) is 13.5 Å². The zero-order valence-corrected chi connectivity index (χ0v) is 12.9. The van der Waals surface area contributed by atoms with Gasteiger partial charge in [-0.2, -0.15) is 0 Å². The first kappa shape index (κ1) is 16.2. The Balaban J connectivity index is 1.89. The molecule has 0 amide bonds. The lowest BCUT2D eigenvalue weighted by molar-refractivity contribution is -0.149. The van der Waals surface area contributed by atoms with Gasteiger partial charge in [0.25, 0.3) is 0 Å². The van der Waals surface area contributed by atoms with E-state index in [-0.39, 0.29) is 18.1 Å². The maximum absolute atomic E-state index is 11.7. The van der Waals surface area contributed by atoms with E-state index in [1.54, 1.807) is 0 Å². The maximum atomic E-state index is 11.7. The van der Waals surface area contributed by atoms with Crippen LogP contribution in [0.1, 0.15) is 25.7 Å². The second kappa shape index (κ2) is 7.17. The van der Waals surface area contributed by atoms with E-state index in [4.69, 9.17) is 4.74 Å². The molecule has 117 valence electrons. The highest BCUT2D eigenvalue weighted by molar-refractivity contribution is 7.90. The molecule has 2 unspecified atom stereocenters. The minimum atomic E-state index is -2.98. The average molecular weight is 305 g/mol. The fourth-order valence-electron chi connectivity index (χ4n) is 2.78. The Kier molecular flexibility index (Phi) is 5.80. The number of hydrogen-bond acceptors (Lipinski definition) is 5. The molecule has 0 aromatic heterocycles. The lowest BCUT2D eigenvalue weighted by atomic mass is 10.1. The van der Waals surface area contributed by atoms with Crippen LogP contribution in [0.5, 0.6) is 0 Å². The molecule has 2 saturated heterocycles. The van der Waals surface area contributed by atoms with Gasteiger partial charge in [-0.05, 0) is 32.4 Å². The predicted octanol–water partition coefficient (Wildman–Crippen LogP) is 0.0206. The molecule has 0 bridgehead atoms. The van der Waals surface area contributed by atoms with Crippen LogP contribution in [0.3, 0.4) is 0 Å². The van der Waals surface area contributed by atoms with E-state index in [0.29, 0.717) is 25.9 Å². The van der Waals surface area contributed by atoms with Gasteiger partial charge in [0.1, 0.15) is 16.1 Å². The predicted molar refractivity (Wildman–Crippen MR) is 75.8 cm³/mol. The molecule has 2 atom stereocenters. The first-order valence-corrected chi connectivity index (χ1v) is 9.44. The number of sulfone groups is 1. The number of hydrogen-bond donors (Lipinski definition) is 1. The molecule has 0 aromatic rings. The van der Waals surface area contributed by atoms with Gasteiger partial charge in [-0.1, -0.05) is 0 Å². The van der Waals surface area contributed by atoms with Crippen LogP contribution in [0.4, 0.5) is 0 Å². The van der Waals surface area contributed by atoms with Crippen molar-refractivity contribution in [2.75, 3.05) is 38.2 Å². The van der Waals surface area contributed by atoms with Crippen LogP contribution in [0.2, 0.25) is 0 Å². The van der Waals surface area contributed by atoms with Crippen LogP contribution < -0.4 is 5.32 Å². The number of nitrogens with zero attached hydrogens (tertiary/aromatic N) is 1. The summed E-state index contributed by atoms with van der Waals surface area (Å²) in [5.41, 5.74) is 0. The lowest BCUT2D eigenvalue weighted by Crippen LogP contribution is -2.49. The topological polar surface area (TPSA) is 78.5 Å². The van der Waals surface area contributed by atoms with Gasteiger partial charge in [0.05, 0.1) is 18.0 Å². The molecular weight excluding hydrogens is 280 g/mol. The van der Waals surface area contributed by atoms with Gasteiger partial charge in [0, 0.05) is 25.8 Å². The van der Waals surface area contributed by atoms with Crippen LogP contribution in [0.15, 0.2) is 0 Å². The summed E-state index contributed by atoms with van der Waals surface area (Å²) in [6.45, 7) is 2.99. The minimum Gasteiger partial charge on any atom is -0.360 e. The Hall–Kier alpha value is -0.210. The van der Waals surface area contributed by atoms with Crippen LogP contribution in [0, 0.1) is 0 Å². The quantitative estimate of drug-likeness (QED) is 0.775. The molecule has 1 N–H and O–H groups in total.